The van der Waals surface area contributed by atoms with E-state index in [1.54, 1.807) is 6.33 Å². The zero-order chi connectivity index (χ0) is 14.7. The predicted octanol–water partition coefficient (Wildman–Crippen LogP) is 1.12. The summed E-state index contributed by atoms with van der Waals surface area (Å²) in [5.74, 6) is 0.595. The van der Waals surface area contributed by atoms with Crippen LogP contribution in [0.5, 0.6) is 0 Å². The molecule has 1 aliphatic heterocycles. The van der Waals surface area contributed by atoms with Gasteiger partial charge in [-0.25, -0.2) is 14.8 Å². The van der Waals surface area contributed by atoms with Gasteiger partial charge in [0.25, 0.3) is 0 Å². The van der Waals surface area contributed by atoms with Crippen LogP contribution in [0.1, 0.15) is 12.8 Å². The number of rotatable bonds is 4. The summed E-state index contributed by atoms with van der Waals surface area (Å²) in [7, 11) is 1.37. The minimum absolute atomic E-state index is 0.0234. The Morgan fingerprint density at radius 1 is 1.43 bits per heavy atom. The van der Waals surface area contributed by atoms with Crippen LogP contribution < -0.4 is 4.90 Å². The average Bonchev–Trinajstić information content (AvgIpc) is 3.01. The van der Waals surface area contributed by atoms with Crippen LogP contribution in [0.4, 0.5) is 5.82 Å². The summed E-state index contributed by atoms with van der Waals surface area (Å²) < 4.78 is 10.1. The Kier molecular flexibility index (Phi) is 4.01. The number of hydrogen-bond donors (Lipinski definition) is 1. The van der Waals surface area contributed by atoms with Gasteiger partial charge in [0, 0.05) is 19.3 Å². The number of anilines is 1. The molecule has 1 saturated heterocycles. The smallest absolute Gasteiger partial charge is 0.331 e. The van der Waals surface area contributed by atoms with E-state index in [0.717, 1.165) is 42.8 Å². The quantitative estimate of drug-likeness (QED) is 0.850. The van der Waals surface area contributed by atoms with Gasteiger partial charge in [-0.15, -0.1) is 0 Å². The Balaban J connectivity index is 1.61. The molecule has 21 heavy (non-hydrogen) atoms. The molecule has 0 aromatic carbocycles. The lowest BCUT2D eigenvalue weighted by molar-refractivity contribution is -0.148. The normalized spacial score (nSPS) is 16.3. The highest BCUT2D eigenvalue weighted by Gasteiger charge is 2.23. The molecule has 3 rings (SSSR count). The van der Waals surface area contributed by atoms with Gasteiger partial charge in [0.2, 0.25) is 0 Å². The molecule has 0 aliphatic carbocycles. The predicted molar refractivity (Wildman–Crippen MR) is 77.1 cm³/mol. The first kappa shape index (κ1) is 13.8. The highest BCUT2D eigenvalue weighted by molar-refractivity contribution is 5.85. The molecule has 0 amide bonds. The lowest BCUT2D eigenvalue weighted by Gasteiger charge is -2.32. The second-order valence-electron chi connectivity index (χ2n) is 5.01. The number of piperidine rings is 1. The molecule has 7 heteroatoms. The number of nitrogens with zero attached hydrogens (tertiary/aromatic N) is 3. The van der Waals surface area contributed by atoms with E-state index in [2.05, 4.69) is 24.6 Å². The van der Waals surface area contributed by atoms with Gasteiger partial charge in [-0.1, -0.05) is 0 Å². The summed E-state index contributed by atoms with van der Waals surface area (Å²) in [4.78, 5) is 25.1. The summed E-state index contributed by atoms with van der Waals surface area (Å²) in [6.07, 6.45) is 5.29. The zero-order valence-electron chi connectivity index (χ0n) is 11.9. The highest BCUT2D eigenvalue weighted by atomic mass is 16.6. The van der Waals surface area contributed by atoms with E-state index >= 15 is 0 Å². The molecule has 3 heterocycles. The van der Waals surface area contributed by atoms with Crippen molar-refractivity contribution < 1.29 is 14.3 Å². The molecule has 1 N–H and O–H groups in total. The molecule has 1 fully saturated rings. The molecular formula is C14H18N4O3. The number of carbonyl (C=O) groups is 1. The van der Waals surface area contributed by atoms with Gasteiger partial charge < -0.3 is 19.4 Å². The minimum Gasteiger partial charge on any atom is -0.467 e. The number of methoxy groups -OCH3 is 1. The lowest BCUT2D eigenvalue weighted by atomic mass is 10.1. The number of aromatic amines is 1. The van der Waals surface area contributed by atoms with Crippen LogP contribution in [0.25, 0.3) is 11.0 Å². The molecule has 0 spiro atoms. The van der Waals surface area contributed by atoms with Crippen molar-refractivity contribution in [2.24, 2.45) is 0 Å². The van der Waals surface area contributed by atoms with Gasteiger partial charge in [-0.3, -0.25) is 0 Å². The SMILES string of the molecule is COC(=O)COC1CCN(c2ncnc3cc[nH]c23)CC1. The fraction of sp³-hybridized carbons (Fsp3) is 0.500. The first-order chi connectivity index (χ1) is 10.3. The maximum absolute atomic E-state index is 11.1. The van der Waals surface area contributed by atoms with E-state index in [1.807, 2.05) is 12.3 Å². The Labute approximate surface area is 122 Å². The van der Waals surface area contributed by atoms with Crippen LogP contribution in [-0.2, 0) is 14.3 Å². The molecule has 112 valence electrons. The van der Waals surface area contributed by atoms with Crippen molar-refractivity contribution in [3.8, 4) is 0 Å². The van der Waals surface area contributed by atoms with Crippen molar-refractivity contribution in [1.82, 2.24) is 15.0 Å². The van der Waals surface area contributed by atoms with Gasteiger partial charge in [0.05, 0.1) is 18.7 Å². The molecule has 1 aliphatic rings. The maximum Gasteiger partial charge on any atom is 0.331 e. The standard InChI is InChI=1S/C14H18N4O3/c1-20-12(19)8-21-10-3-6-18(7-4-10)14-13-11(2-5-15-13)16-9-17-14/h2,5,9-10,15H,3-4,6-8H2,1H3. The van der Waals surface area contributed by atoms with Gasteiger partial charge in [-0.05, 0) is 18.9 Å². The monoisotopic (exact) mass is 290 g/mol. The summed E-state index contributed by atoms with van der Waals surface area (Å²) in [5.41, 5.74) is 1.88. The summed E-state index contributed by atoms with van der Waals surface area (Å²) in [5, 5.41) is 0. The number of fused-ring (bicyclic) bond motifs is 1. The van der Waals surface area contributed by atoms with E-state index in [-0.39, 0.29) is 18.7 Å². The molecule has 0 saturated carbocycles. The number of H-pyrrole nitrogens is 1. The molecule has 2 aromatic rings. The van der Waals surface area contributed by atoms with E-state index in [4.69, 9.17) is 4.74 Å². The third-order valence-electron chi connectivity index (χ3n) is 3.73. The van der Waals surface area contributed by atoms with Gasteiger partial charge in [0.1, 0.15) is 18.5 Å². The van der Waals surface area contributed by atoms with E-state index < -0.39 is 0 Å². The zero-order valence-corrected chi connectivity index (χ0v) is 11.9. The van der Waals surface area contributed by atoms with E-state index in [9.17, 15) is 4.79 Å². The number of nitrogens with one attached hydrogen (secondary N) is 1. The van der Waals surface area contributed by atoms with Gasteiger partial charge in [0.15, 0.2) is 5.82 Å². The number of aromatic nitrogens is 3. The largest absolute Gasteiger partial charge is 0.467 e. The maximum atomic E-state index is 11.1. The molecule has 2 aromatic heterocycles. The number of esters is 1. The van der Waals surface area contributed by atoms with Crippen LogP contribution >= 0.6 is 0 Å². The Hall–Kier alpha value is -2.15. The van der Waals surface area contributed by atoms with Crippen molar-refractivity contribution in [3.05, 3.63) is 18.6 Å². The Bertz CT molecular complexity index is 619. The fourth-order valence-corrected chi connectivity index (χ4v) is 2.58. The number of carbonyl (C=O) groups excluding carboxylic acids is 1. The van der Waals surface area contributed by atoms with Gasteiger partial charge >= 0.3 is 5.97 Å². The van der Waals surface area contributed by atoms with Crippen molar-refractivity contribution in [2.75, 3.05) is 31.7 Å². The second-order valence-corrected chi connectivity index (χ2v) is 5.01. The first-order valence-electron chi connectivity index (χ1n) is 6.99. The molecule has 0 bridgehead atoms. The van der Waals surface area contributed by atoms with Crippen LogP contribution in [0.2, 0.25) is 0 Å². The minimum atomic E-state index is -0.332. The molecule has 0 unspecified atom stereocenters. The molecule has 7 nitrogen and oxygen atoms in total. The topological polar surface area (TPSA) is 80.3 Å². The second kappa shape index (κ2) is 6.09. The molecule has 0 radical (unpaired) electrons. The van der Waals surface area contributed by atoms with Crippen LogP contribution in [0, 0.1) is 0 Å². The van der Waals surface area contributed by atoms with Crippen LogP contribution in [0.3, 0.4) is 0 Å². The van der Waals surface area contributed by atoms with Crippen molar-refractivity contribution >= 4 is 22.8 Å². The lowest BCUT2D eigenvalue weighted by Crippen LogP contribution is -2.38. The van der Waals surface area contributed by atoms with Crippen LogP contribution in [-0.4, -0.2) is 53.8 Å². The first-order valence-corrected chi connectivity index (χ1v) is 6.99. The Morgan fingerprint density at radius 2 is 2.24 bits per heavy atom. The van der Waals surface area contributed by atoms with Gasteiger partial charge in [-0.2, -0.15) is 0 Å². The summed E-state index contributed by atoms with van der Waals surface area (Å²) in [6.45, 7) is 1.71. The van der Waals surface area contributed by atoms with E-state index in [0.29, 0.717) is 0 Å². The number of hydrogen-bond acceptors (Lipinski definition) is 6. The number of ether oxygens (including phenoxy) is 2. The third-order valence-corrected chi connectivity index (χ3v) is 3.73. The van der Waals surface area contributed by atoms with Crippen molar-refractivity contribution in [2.45, 2.75) is 18.9 Å². The molecular weight excluding hydrogens is 272 g/mol. The third kappa shape index (κ3) is 2.97. The average molecular weight is 290 g/mol. The van der Waals surface area contributed by atoms with E-state index in [1.165, 1.54) is 7.11 Å². The van der Waals surface area contributed by atoms with Crippen molar-refractivity contribution in [3.63, 3.8) is 0 Å². The Morgan fingerprint density at radius 3 is 3.00 bits per heavy atom. The summed E-state index contributed by atoms with van der Waals surface area (Å²) >= 11 is 0. The molecule has 0 atom stereocenters. The van der Waals surface area contributed by atoms with Crippen molar-refractivity contribution in [1.29, 1.82) is 0 Å². The fourth-order valence-electron chi connectivity index (χ4n) is 2.58. The highest BCUT2D eigenvalue weighted by Crippen LogP contribution is 2.25. The summed E-state index contributed by atoms with van der Waals surface area (Å²) in [6, 6.07) is 1.94. The van der Waals surface area contributed by atoms with Crippen LogP contribution in [0.15, 0.2) is 18.6 Å².